The molecule has 2 rings (SSSR count). The number of piperidine rings is 1. The molecular weight excluding hydrogens is 368 g/mol. The van der Waals surface area contributed by atoms with Crippen LogP contribution in [0, 0.1) is 5.82 Å². The molecule has 0 N–H and O–H groups in total. The molecule has 1 fully saturated rings. The Bertz CT molecular complexity index is 677. The number of esters is 1. The molecule has 0 spiro atoms. The number of hydrogen-bond acceptors (Lipinski definition) is 4. The third kappa shape index (κ3) is 5.91. The standard InChI is InChI=1S/C21H29F2NO4/c1-5-27-18(25)14-17(15-6-8-16(22)9-7-15)21(23)10-12-24(13-11-21)19(26)28-20(2,3)4/h6-9,17H,5,10-14H2,1-4H3. The maximum atomic E-state index is 15.9. The minimum absolute atomic E-state index is 0.0632. The Labute approximate surface area is 165 Å². The Hall–Kier alpha value is -2.18. The molecule has 0 radical (unpaired) electrons. The number of amides is 1. The first-order valence-electron chi connectivity index (χ1n) is 9.62. The number of alkyl halides is 1. The number of benzene rings is 1. The van der Waals surface area contributed by atoms with Crippen LogP contribution in [0.4, 0.5) is 13.6 Å². The van der Waals surface area contributed by atoms with Gasteiger partial charge in [0.1, 0.15) is 17.1 Å². The highest BCUT2D eigenvalue weighted by Crippen LogP contribution is 2.42. The van der Waals surface area contributed by atoms with E-state index in [4.69, 9.17) is 9.47 Å². The van der Waals surface area contributed by atoms with E-state index in [-0.39, 0.29) is 39.0 Å². The number of ether oxygens (including phenoxy) is 2. The van der Waals surface area contributed by atoms with E-state index in [0.29, 0.717) is 5.56 Å². The van der Waals surface area contributed by atoms with Crippen LogP contribution >= 0.6 is 0 Å². The van der Waals surface area contributed by atoms with Crippen LogP contribution in [-0.4, -0.2) is 47.9 Å². The zero-order valence-corrected chi connectivity index (χ0v) is 17.0. The van der Waals surface area contributed by atoms with Gasteiger partial charge in [-0.05, 0) is 58.2 Å². The van der Waals surface area contributed by atoms with E-state index in [1.807, 2.05) is 0 Å². The van der Waals surface area contributed by atoms with Crippen LogP contribution in [-0.2, 0) is 14.3 Å². The van der Waals surface area contributed by atoms with Crippen LogP contribution in [0.5, 0.6) is 0 Å². The number of carbonyl (C=O) groups is 2. The first kappa shape index (κ1) is 22.1. The Morgan fingerprint density at radius 2 is 1.75 bits per heavy atom. The molecule has 1 aliphatic heterocycles. The van der Waals surface area contributed by atoms with Crippen LogP contribution in [0.3, 0.4) is 0 Å². The largest absolute Gasteiger partial charge is 0.466 e. The monoisotopic (exact) mass is 397 g/mol. The van der Waals surface area contributed by atoms with Gasteiger partial charge in [0.25, 0.3) is 0 Å². The molecule has 1 aliphatic rings. The third-order valence-corrected chi connectivity index (χ3v) is 4.82. The third-order valence-electron chi connectivity index (χ3n) is 4.82. The molecule has 0 bridgehead atoms. The van der Waals surface area contributed by atoms with Gasteiger partial charge < -0.3 is 14.4 Å². The number of carbonyl (C=O) groups excluding carboxylic acids is 2. The van der Waals surface area contributed by atoms with Crippen molar-refractivity contribution in [3.8, 4) is 0 Å². The number of halogens is 2. The van der Waals surface area contributed by atoms with E-state index in [0.717, 1.165) is 0 Å². The van der Waals surface area contributed by atoms with Crippen molar-refractivity contribution in [2.45, 2.75) is 64.1 Å². The Kier molecular flexibility index (Phi) is 7.01. The molecule has 1 heterocycles. The lowest BCUT2D eigenvalue weighted by Gasteiger charge is -2.41. The summed E-state index contributed by atoms with van der Waals surface area (Å²) in [6, 6.07) is 5.51. The molecule has 1 aromatic rings. The Balaban J connectivity index is 2.15. The molecule has 1 amide bonds. The van der Waals surface area contributed by atoms with Gasteiger partial charge in [0.2, 0.25) is 0 Å². The van der Waals surface area contributed by atoms with Crippen molar-refractivity contribution in [3.63, 3.8) is 0 Å². The van der Waals surface area contributed by atoms with E-state index in [1.54, 1.807) is 27.7 Å². The van der Waals surface area contributed by atoms with Gasteiger partial charge in [-0.1, -0.05) is 12.1 Å². The number of rotatable bonds is 5. The fourth-order valence-corrected chi connectivity index (χ4v) is 3.42. The molecule has 28 heavy (non-hydrogen) atoms. The lowest BCUT2D eigenvalue weighted by atomic mass is 9.75. The highest BCUT2D eigenvalue weighted by Gasteiger charge is 2.45. The SMILES string of the molecule is CCOC(=O)CC(c1ccc(F)cc1)C1(F)CCN(C(=O)OC(C)(C)C)CC1. The van der Waals surface area contributed by atoms with Crippen molar-refractivity contribution in [1.82, 2.24) is 4.90 Å². The van der Waals surface area contributed by atoms with Crippen molar-refractivity contribution in [3.05, 3.63) is 35.6 Å². The highest BCUT2D eigenvalue weighted by atomic mass is 19.1. The molecule has 7 heteroatoms. The van der Waals surface area contributed by atoms with E-state index in [9.17, 15) is 14.0 Å². The summed E-state index contributed by atoms with van der Waals surface area (Å²) in [6.45, 7) is 7.60. The normalized spacial score (nSPS) is 17.7. The zero-order valence-electron chi connectivity index (χ0n) is 17.0. The topological polar surface area (TPSA) is 55.8 Å². The summed E-state index contributed by atoms with van der Waals surface area (Å²) < 4.78 is 39.6. The smallest absolute Gasteiger partial charge is 0.410 e. The highest BCUT2D eigenvalue weighted by molar-refractivity contribution is 5.71. The van der Waals surface area contributed by atoms with Gasteiger partial charge in [-0.2, -0.15) is 0 Å². The predicted molar refractivity (Wildman–Crippen MR) is 101 cm³/mol. The first-order valence-corrected chi connectivity index (χ1v) is 9.62. The van der Waals surface area contributed by atoms with Gasteiger partial charge >= 0.3 is 12.1 Å². The van der Waals surface area contributed by atoms with E-state index in [2.05, 4.69) is 0 Å². The van der Waals surface area contributed by atoms with Gasteiger partial charge in [0.05, 0.1) is 13.0 Å². The van der Waals surface area contributed by atoms with Crippen LogP contribution in [0.25, 0.3) is 0 Å². The lowest BCUT2D eigenvalue weighted by Crippen LogP contribution is -2.48. The average Bonchev–Trinajstić information content (AvgIpc) is 2.60. The Morgan fingerprint density at radius 1 is 1.18 bits per heavy atom. The van der Waals surface area contributed by atoms with Crippen LogP contribution in [0.1, 0.15) is 58.4 Å². The van der Waals surface area contributed by atoms with Crippen molar-refractivity contribution >= 4 is 12.1 Å². The summed E-state index contributed by atoms with van der Waals surface area (Å²) in [6.07, 6.45) is -0.484. The molecule has 156 valence electrons. The van der Waals surface area contributed by atoms with E-state index < -0.39 is 35.1 Å². The molecule has 0 aliphatic carbocycles. The minimum Gasteiger partial charge on any atom is -0.466 e. The van der Waals surface area contributed by atoms with Crippen LogP contribution < -0.4 is 0 Å². The summed E-state index contributed by atoms with van der Waals surface area (Å²) in [7, 11) is 0. The second kappa shape index (κ2) is 8.88. The predicted octanol–water partition coefficient (Wildman–Crippen LogP) is 4.60. The van der Waals surface area contributed by atoms with Gasteiger partial charge in [-0.3, -0.25) is 4.79 Å². The molecule has 0 aromatic heterocycles. The summed E-state index contributed by atoms with van der Waals surface area (Å²) in [4.78, 5) is 25.8. The van der Waals surface area contributed by atoms with Crippen molar-refractivity contribution in [1.29, 1.82) is 0 Å². The number of hydrogen-bond donors (Lipinski definition) is 0. The average molecular weight is 397 g/mol. The molecular formula is C21H29F2NO4. The van der Waals surface area contributed by atoms with Gasteiger partial charge in [-0.25, -0.2) is 13.6 Å². The van der Waals surface area contributed by atoms with Crippen molar-refractivity contribution < 1.29 is 27.8 Å². The van der Waals surface area contributed by atoms with Gasteiger partial charge in [-0.15, -0.1) is 0 Å². The fraction of sp³-hybridized carbons (Fsp3) is 0.619. The molecule has 1 atom stereocenters. The van der Waals surface area contributed by atoms with Crippen LogP contribution in [0.2, 0.25) is 0 Å². The second-order valence-corrected chi connectivity index (χ2v) is 8.12. The van der Waals surface area contributed by atoms with E-state index in [1.165, 1.54) is 29.2 Å². The molecule has 1 aromatic carbocycles. The maximum Gasteiger partial charge on any atom is 0.410 e. The van der Waals surface area contributed by atoms with Gasteiger partial charge in [0, 0.05) is 19.0 Å². The fourth-order valence-electron chi connectivity index (χ4n) is 3.42. The number of likely N-dealkylation sites (tertiary alicyclic amines) is 1. The van der Waals surface area contributed by atoms with Crippen molar-refractivity contribution in [2.24, 2.45) is 0 Å². The van der Waals surface area contributed by atoms with Gasteiger partial charge in [0.15, 0.2) is 0 Å². The molecule has 1 unspecified atom stereocenters. The molecule has 0 saturated carbocycles. The second-order valence-electron chi connectivity index (χ2n) is 8.12. The lowest BCUT2D eigenvalue weighted by molar-refractivity contribution is -0.145. The maximum absolute atomic E-state index is 15.9. The quantitative estimate of drug-likeness (QED) is 0.682. The Morgan fingerprint density at radius 3 is 2.25 bits per heavy atom. The molecule has 5 nitrogen and oxygen atoms in total. The first-order chi connectivity index (χ1) is 13.0. The number of nitrogens with zero attached hydrogens (tertiary/aromatic N) is 1. The summed E-state index contributed by atoms with van der Waals surface area (Å²) in [5.41, 5.74) is -1.78. The van der Waals surface area contributed by atoms with Crippen LogP contribution in [0.15, 0.2) is 24.3 Å². The minimum atomic E-state index is -1.71. The summed E-state index contributed by atoms with van der Waals surface area (Å²) in [5.74, 6) is -1.69. The van der Waals surface area contributed by atoms with Crippen molar-refractivity contribution in [2.75, 3.05) is 19.7 Å². The summed E-state index contributed by atoms with van der Waals surface area (Å²) >= 11 is 0. The zero-order chi connectivity index (χ0) is 20.9. The van der Waals surface area contributed by atoms with E-state index >= 15 is 4.39 Å². The summed E-state index contributed by atoms with van der Waals surface area (Å²) in [5, 5.41) is 0. The molecule has 1 saturated heterocycles.